The van der Waals surface area contributed by atoms with Crippen LogP contribution in [-0.2, 0) is 4.74 Å². The molecule has 1 atom stereocenters. The number of aromatic amines is 1. The fourth-order valence-corrected chi connectivity index (χ4v) is 3.19. The number of rotatable bonds is 2. The van der Waals surface area contributed by atoms with E-state index in [0.717, 1.165) is 5.82 Å². The maximum atomic E-state index is 13.2. The summed E-state index contributed by atoms with van der Waals surface area (Å²) in [6, 6.07) is 5.68. The number of H-pyrrole nitrogens is 1. The summed E-state index contributed by atoms with van der Waals surface area (Å²) in [4.78, 5) is 28.5. The van der Waals surface area contributed by atoms with Crippen molar-refractivity contribution in [2.75, 3.05) is 17.2 Å². The highest BCUT2D eigenvalue weighted by molar-refractivity contribution is 6.66. The molecule has 2 aromatic heterocycles. The zero-order chi connectivity index (χ0) is 19.3. The van der Waals surface area contributed by atoms with Crippen molar-refractivity contribution in [1.29, 1.82) is 0 Å². The Morgan fingerprint density at radius 1 is 1.21 bits per heavy atom. The largest absolute Gasteiger partial charge is 0.434 e. The summed E-state index contributed by atoms with van der Waals surface area (Å²) in [6.45, 7) is 0.437. The van der Waals surface area contributed by atoms with E-state index < -0.39 is 12.2 Å². The van der Waals surface area contributed by atoms with Crippen molar-refractivity contribution in [3.63, 3.8) is 0 Å². The standard InChI is InChI=1S/C18H12ClFN6O2/c19-12-7-23-16-13(24-12)10(5-22-16)14-21-6-11-15(25-14)26-17(28-18(11)27)8-1-3-9(20)4-2-8/h1-6,17,22-23H,7H2,(H,21,25,26)/t17-/m0/s1. The summed E-state index contributed by atoms with van der Waals surface area (Å²) in [7, 11) is 0. The molecular formula is C18H12ClFN6O2. The summed E-state index contributed by atoms with van der Waals surface area (Å²) in [5, 5.41) is 6.58. The molecule has 4 heterocycles. The smallest absolute Gasteiger partial charge is 0.345 e. The van der Waals surface area contributed by atoms with Crippen molar-refractivity contribution in [3.8, 4) is 11.4 Å². The third-order valence-corrected chi connectivity index (χ3v) is 4.63. The number of esters is 1. The average molecular weight is 399 g/mol. The fourth-order valence-electron chi connectivity index (χ4n) is 3.04. The van der Waals surface area contributed by atoms with Gasteiger partial charge in [0.05, 0.1) is 12.1 Å². The maximum Gasteiger partial charge on any atom is 0.345 e. The fraction of sp³-hybridized carbons (Fsp3) is 0.111. The van der Waals surface area contributed by atoms with Gasteiger partial charge in [0.25, 0.3) is 0 Å². The molecule has 0 amide bonds. The minimum absolute atomic E-state index is 0.214. The minimum atomic E-state index is -0.780. The second kappa shape index (κ2) is 6.31. The zero-order valence-corrected chi connectivity index (χ0v) is 14.9. The molecule has 10 heteroatoms. The number of halogens is 2. The van der Waals surface area contributed by atoms with Gasteiger partial charge in [-0.25, -0.2) is 24.1 Å². The van der Waals surface area contributed by atoms with Crippen LogP contribution in [-0.4, -0.2) is 32.6 Å². The molecule has 140 valence electrons. The average Bonchev–Trinajstić information content (AvgIpc) is 3.11. The molecule has 0 bridgehead atoms. The number of fused-ring (bicyclic) bond motifs is 2. The van der Waals surface area contributed by atoms with Crippen LogP contribution in [0.4, 0.5) is 21.7 Å². The van der Waals surface area contributed by atoms with Crippen LogP contribution in [0.15, 0.2) is 41.7 Å². The molecule has 5 rings (SSSR count). The quantitative estimate of drug-likeness (QED) is 0.570. The van der Waals surface area contributed by atoms with Crippen molar-refractivity contribution in [1.82, 2.24) is 15.0 Å². The highest BCUT2D eigenvalue weighted by atomic mass is 35.5. The Morgan fingerprint density at radius 2 is 2.04 bits per heavy atom. The van der Waals surface area contributed by atoms with Crippen LogP contribution in [0.1, 0.15) is 22.1 Å². The van der Waals surface area contributed by atoms with Crippen LogP contribution >= 0.6 is 11.6 Å². The van der Waals surface area contributed by atoms with E-state index in [1.165, 1.54) is 30.5 Å². The third kappa shape index (κ3) is 2.76. The number of carbonyl (C=O) groups excluding carboxylic acids is 1. The monoisotopic (exact) mass is 398 g/mol. The van der Waals surface area contributed by atoms with E-state index in [9.17, 15) is 9.18 Å². The van der Waals surface area contributed by atoms with E-state index in [4.69, 9.17) is 16.3 Å². The predicted octanol–water partition coefficient (Wildman–Crippen LogP) is 3.59. The number of cyclic esters (lactones) is 1. The molecule has 2 aliphatic rings. The number of nitrogens with one attached hydrogen (secondary N) is 3. The Hall–Kier alpha value is -3.46. The molecular weight excluding hydrogens is 387 g/mol. The normalized spacial score (nSPS) is 17.6. The summed E-state index contributed by atoms with van der Waals surface area (Å²) >= 11 is 6.03. The highest BCUT2D eigenvalue weighted by Gasteiger charge is 2.29. The first-order valence-electron chi connectivity index (χ1n) is 8.37. The van der Waals surface area contributed by atoms with Gasteiger partial charge in [0, 0.05) is 18.0 Å². The Morgan fingerprint density at radius 3 is 2.86 bits per heavy atom. The lowest BCUT2D eigenvalue weighted by molar-refractivity contribution is 0.0327. The summed E-state index contributed by atoms with van der Waals surface area (Å²) < 4.78 is 18.5. The molecule has 3 aromatic rings. The molecule has 0 saturated heterocycles. The van der Waals surface area contributed by atoms with E-state index in [1.54, 1.807) is 6.20 Å². The van der Waals surface area contributed by atoms with Crippen LogP contribution in [0, 0.1) is 5.82 Å². The van der Waals surface area contributed by atoms with E-state index in [0.29, 0.717) is 40.2 Å². The van der Waals surface area contributed by atoms with Crippen molar-refractivity contribution in [2.24, 2.45) is 4.99 Å². The molecule has 2 aliphatic heterocycles. The number of hydrogen-bond acceptors (Lipinski definition) is 7. The summed E-state index contributed by atoms with van der Waals surface area (Å²) in [6.07, 6.45) is 2.34. The maximum absolute atomic E-state index is 13.2. The molecule has 8 nitrogen and oxygen atoms in total. The number of carbonyl (C=O) groups is 1. The first-order valence-corrected chi connectivity index (χ1v) is 8.75. The van der Waals surface area contributed by atoms with Gasteiger partial charge in [0.15, 0.2) is 5.82 Å². The van der Waals surface area contributed by atoms with Crippen LogP contribution in [0.2, 0.25) is 0 Å². The number of ether oxygens (including phenoxy) is 1. The number of anilines is 2. The molecule has 28 heavy (non-hydrogen) atoms. The number of aromatic nitrogens is 3. The van der Waals surface area contributed by atoms with Gasteiger partial charge < -0.3 is 20.4 Å². The molecule has 0 aliphatic carbocycles. The van der Waals surface area contributed by atoms with Crippen LogP contribution in [0.3, 0.4) is 0 Å². The third-order valence-electron chi connectivity index (χ3n) is 4.41. The minimum Gasteiger partial charge on any atom is -0.434 e. The summed E-state index contributed by atoms with van der Waals surface area (Å²) in [5.41, 5.74) is 2.05. The molecule has 1 aromatic carbocycles. The topological polar surface area (TPSA) is 104 Å². The molecule has 0 saturated carbocycles. The molecule has 0 spiro atoms. The molecule has 0 fully saturated rings. The van der Waals surface area contributed by atoms with Crippen LogP contribution < -0.4 is 10.6 Å². The van der Waals surface area contributed by atoms with Gasteiger partial charge in [-0.3, -0.25) is 0 Å². The van der Waals surface area contributed by atoms with Crippen molar-refractivity contribution >= 4 is 40.1 Å². The number of nitrogens with zero attached hydrogens (tertiary/aromatic N) is 3. The first kappa shape index (κ1) is 16.7. The first-order chi connectivity index (χ1) is 13.6. The van der Waals surface area contributed by atoms with Gasteiger partial charge in [-0.1, -0.05) is 23.7 Å². The second-order valence-electron chi connectivity index (χ2n) is 6.20. The molecule has 3 N–H and O–H groups in total. The number of aliphatic imine (C=N–C) groups is 1. The Bertz CT molecular complexity index is 1130. The van der Waals surface area contributed by atoms with Crippen molar-refractivity contribution < 1.29 is 13.9 Å². The van der Waals surface area contributed by atoms with Crippen LogP contribution in [0.25, 0.3) is 11.4 Å². The van der Waals surface area contributed by atoms with Crippen molar-refractivity contribution in [3.05, 3.63) is 53.6 Å². The van der Waals surface area contributed by atoms with E-state index in [1.807, 2.05) is 0 Å². The van der Waals surface area contributed by atoms with Gasteiger partial charge in [0.1, 0.15) is 33.9 Å². The second-order valence-corrected chi connectivity index (χ2v) is 6.64. The van der Waals surface area contributed by atoms with Gasteiger partial charge in [-0.05, 0) is 12.1 Å². The van der Waals surface area contributed by atoms with E-state index in [-0.39, 0.29) is 11.4 Å². The predicted molar refractivity (Wildman–Crippen MR) is 101 cm³/mol. The highest BCUT2D eigenvalue weighted by Crippen LogP contribution is 2.38. The van der Waals surface area contributed by atoms with Gasteiger partial charge in [0.2, 0.25) is 6.23 Å². The lowest BCUT2D eigenvalue weighted by atomic mass is 10.1. The van der Waals surface area contributed by atoms with E-state index in [2.05, 4.69) is 30.6 Å². The Labute approximate surface area is 162 Å². The van der Waals surface area contributed by atoms with Gasteiger partial charge >= 0.3 is 5.97 Å². The zero-order valence-electron chi connectivity index (χ0n) is 14.2. The van der Waals surface area contributed by atoms with E-state index >= 15 is 0 Å². The van der Waals surface area contributed by atoms with Gasteiger partial charge in [-0.15, -0.1) is 0 Å². The Kier molecular flexibility index (Phi) is 3.76. The van der Waals surface area contributed by atoms with Crippen LogP contribution in [0.5, 0.6) is 0 Å². The lowest BCUT2D eigenvalue weighted by Crippen LogP contribution is -2.27. The molecule has 0 radical (unpaired) electrons. The summed E-state index contributed by atoms with van der Waals surface area (Å²) in [5.74, 6) is 0.476. The van der Waals surface area contributed by atoms with Gasteiger partial charge in [-0.2, -0.15) is 0 Å². The SMILES string of the molecule is O=C1O[C@@H](c2ccc(F)cc2)Nc2nc(-c3c[nH]c4c3N=C(Cl)CN4)ncc21. The number of hydrogen-bond donors (Lipinski definition) is 3. The number of benzene rings is 1. The Balaban J connectivity index is 1.53. The lowest BCUT2D eigenvalue weighted by Gasteiger charge is -2.26. The van der Waals surface area contributed by atoms with Crippen molar-refractivity contribution in [2.45, 2.75) is 6.23 Å². The molecule has 0 unspecified atom stereocenters.